The van der Waals surface area contributed by atoms with Crippen LogP contribution in [0.15, 0.2) is 17.0 Å². The summed E-state index contributed by atoms with van der Waals surface area (Å²) in [6.45, 7) is 6.23. The maximum atomic E-state index is 12.6. The second-order valence-electron chi connectivity index (χ2n) is 5.02. The van der Waals surface area contributed by atoms with E-state index in [1.54, 1.807) is 33.0 Å². The Labute approximate surface area is 116 Å². The van der Waals surface area contributed by atoms with Gasteiger partial charge < -0.3 is 5.73 Å². The molecule has 2 N–H and O–H groups in total. The average molecular weight is 284 g/mol. The molecule has 0 aliphatic heterocycles. The molecule has 0 aromatic heterocycles. The van der Waals surface area contributed by atoms with Crippen molar-refractivity contribution in [2.24, 2.45) is 0 Å². The molecule has 0 saturated carbocycles. The van der Waals surface area contributed by atoms with E-state index in [0.717, 1.165) is 19.3 Å². The lowest BCUT2D eigenvalue weighted by Gasteiger charge is -2.20. The summed E-state index contributed by atoms with van der Waals surface area (Å²) in [4.78, 5) is 0.390. The van der Waals surface area contributed by atoms with Gasteiger partial charge in [0.15, 0.2) is 0 Å². The molecule has 0 heterocycles. The molecular formula is C14H24N2O2S. The molecule has 0 saturated heterocycles. The standard InChI is InChI=1S/C14H24N2O2S/c1-5-6-7-8-16(4)19(17,18)14-11(2)9-13(15)10-12(14)3/h9-10H,5-8,15H2,1-4H3. The van der Waals surface area contributed by atoms with Crippen LogP contribution >= 0.6 is 0 Å². The molecule has 0 radical (unpaired) electrons. The number of nitrogens with two attached hydrogens (primary N) is 1. The van der Waals surface area contributed by atoms with Crippen LogP contribution in [0, 0.1) is 13.8 Å². The summed E-state index contributed by atoms with van der Waals surface area (Å²) >= 11 is 0. The van der Waals surface area contributed by atoms with Crippen LogP contribution in [0.1, 0.15) is 37.3 Å². The molecule has 1 aromatic carbocycles. The molecule has 4 nitrogen and oxygen atoms in total. The van der Waals surface area contributed by atoms with E-state index in [4.69, 9.17) is 5.73 Å². The second kappa shape index (κ2) is 6.39. The number of hydrogen-bond acceptors (Lipinski definition) is 3. The summed E-state index contributed by atoms with van der Waals surface area (Å²) in [6, 6.07) is 3.42. The van der Waals surface area contributed by atoms with Crippen molar-refractivity contribution in [3.05, 3.63) is 23.3 Å². The molecule has 0 fully saturated rings. The van der Waals surface area contributed by atoms with Gasteiger partial charge in [-0.2, -0.15) is 0 Å². The highest BCUT2D eigenvalue weighted by Crippen LogP contribution is 2.25. The maximum absolute atomic E-state index is 12.6. The molecule has 0 unspecified atom stereocenters. The first-order valence-corrected chi connectivity index (χ1v) is 8.07. The summed E-state index contributed by atoms with van der Waals surface area (Å²) in [6.07, 6.45) is 3.01. The van der Waals surface area contributed by atoms with E-state index >= 15 is 0 Å². The van der Waals surface area contributed by atoms with Crippen molar-refractivity contribution in [3.63, 3.8) is 0 Å². The number of aryl methyl sites for hydroxylation is 2. The van der Waals surface area contributed by atoms with Crippen molar-refractivity contribution in [1.82, 2.24) is 4.31 Å². The summed E-state index contributed by atoms with van der Waals surface area (Å²) in [7, 11) is -1.78. The number of rotatable bonds is 6. The lowest BCUT2D eigenvalue weighted by atomic mass is 10.1. The maximum Gasteiger partial charge on any atom is 0.243 e. The van der Waals surface area contributed by atoms with Gasteiger partial charge in [-0.1, -0.05) is 19.8 Å². The Hall–Kier alpha value is -1.07. The molecule has 0 atom stereocenters. The number of nitrogen functional groups attached to an aromatic ring is 1. The normalized spacial score (nSPS) is 12.1. The summed E-state index contributed by atoms with van der Waals surface area (Å²) in [5, 5.41) is 0. The van der Waals surface area contributed by atoms with E-state index in [9.17, 15) is 8.42 Å². The van der Waals surface area contributed by atoms with Crippen LogP contribution in [0.25, 0.3) is 0 Å². The Bertz CT molecular complexity index is 515. The van der Waals surface area contributed by atoms with Crippen molar-refractivity contribution in [3.8, 4) is 0 Å². The van der Waals surface area contributed by atoms with E-state index in [1.165, 1.54) is 4.31 Å². The van der Waals surface area contributed by atoms with Crippen LogP contribution in [0.4, 0.5) is 5.69 Å². The van der Waals surface area contributed by atoms with E-state index in [-0.39, 0.29) is 0 Å². The van der Waals surface area contributed by atoms with Gasteiger partial charge in [0.2, 0.25) is 10.0 Å². The van der Waals surface area contributed by atoms with Crippen LogP contribution < -0.4 is 5.73 Å². The molecule has 1 aromatic rings. The Morgan fingerprint density at radius 2 is 1.68 bits per heavy atom. The minimum Gasteiger partial charge on any atom is -0.399 e. The molecule has 5 heteroatoms. The van der Waals surface area contributed by atoms with Crippen molar-refractivity contribution in [2.75, 3.05) is 19.3 Å². The third kappa shape index (κ3) is 3.70. The van der Waals surface area contributed by atoms with Crippen LogP contribution in [-0.2, 0) is 10.0 Å². The van der Waals surface area contributed by atoms with Crippen LogP contribution in [0.3, 0.4) is 0 Å². The zero-order valence-corrected chi connectivity index (χ0v) is 13.0. The number of anilines is 1. The lowest BCUT2D eigenvalue weighted by Crippen LogP contribution is -2.29. The molecule has 0 amide bonds. The van der Waals surface area contributed by atoms with Gasteiger partial charge in [0.25, 0.3) is 0 Å². The van der Waals surface area contributed by atoms with Gasteiger partial charge in [0.05, 0.1) is 4.90 Å². The fourth-order valence-corrected chi connectivity index (χ4v) is 3.86. The number of unbranched alkanes of at least 4 members (excludes halogenated alkanes) is 2. The minimum absolute atomic E-state index is 0.390. The van der Waals surface area contributed by atoms with Gasteiger partial charge in [-0.15, -0.1) is 0 Å². The summed E-state index contributed by atoms with van der Waals surface area (Å²) in [5.41, 5.74) is 7.75. The Morgan fingerprint density at radius 1 is 1.16 bits per heavy atom. The third-order valence-electron chi connectivity index (χ3n) is 3.23. The van der Waals surface area contributed by atoms with Gasteiger partial charge in [0.1, 0.15) is 0 Å². The highest BCUT2D eigenvalue weighted by atomic mass is 32.2. The van der Waals surface area contributed by atoms with Crippen molar-refractivity contribution in [1.29, 1.82) is 0 Å². The quantitative estimate of drug-likeness (QED) is 0.645. The van der Waals surface area contributed by atoms with E-state index < -0.39 is 10.0 Å². The molecular weight excluding hydrogens is 260 g/mol. The van der Waals surface area contributed by atoms with Gasteiger partial charge in [-0.3, -0.25) is 0 Å². The Balaban J connectivity index is 3.07. The highest BCUT2D eigenvalue weighted by molar-refractivity contribution is 7.89. The molecule has 0 spiro atoms. The smallest absolute Gasteiger partial charge is 0.243 e. The Kier molecular flexibility index (Phi) is 5.38. The molecule has 0 bridgehead atoms. The van der Waals surface area contributed by atoms with E-state index in [1.807, 2.05) is 0 Å². The summed E-state index contributed by atoms with van der Waals surface area (Å²) in [5.74, 6) is 0. The van der Waals surface area contributed by atoms with Crippen molar-refractivity contribution >= 4 is 15.7 Å². The van der Waals surface area contributed by atoms with Gasteiger partial charge in [-0.25, -0.2) is 12.7 Å². The predicted octanol–water partition coefficient (Wildman–Crippen LogP) is 2.70. The molecule has 1 rings (SSSR count). The predicted molar refractivity (Wildman–Crippen MR) is 79.7 cm³/mol. The fourth-order valence-electron chi connectivity index (χ4n) is 2.25. The Morgan fingerprint density at radius 3 is 2.16 bits per heavy atom. The molecule has 0 aliphatic carbocycles. The fraction of sp³-hybridized carbons (Fsp3) is 0.571. The van der Waals surface area contributed by atoms with Crippen molar-refractivity contribution < 1.29 is 8.42 Å². The van der Waals surface area contributed by atoms with Crippen LogP contribution in [0.2, 0.25) is 0 Å². The first-order chi connectivity index (χ1) is 8.80. The molecule has 0 aliphatic rings. The number of benzene rings is 1. The van der Waals surface area contributed by atoms with Crippen LogP contribution in [0.5, 0.6) is 0 Å². The molecule has 108 valence electrons. The largest absolute Gasteiger partial charge is 0.399 e. The van der Waals surface area contributed by atoms with Gasteiger partial charge >= 0.3 is 0 Å². The number of nitrogens with zero attached hydrogens (tertiary/aromatic N) is 1. The number of hydrogen-bond donors (Lipinski definition) is 1. The monoisotopic (exact) mass is 284 g/mol. The minimum atomic E-state index is -3.42. The average Bonchev–Trinajstić information content (AvgIpc) is 2.27. The van der Waals surface area contributed by atoms with Crippen molar-refractivity contribution in [2.45, 2.75) is 44.9 Å². The first kappa shape index (κ1) is 16.0. The highest BCUT2D eigenvalue weighted by Gasteiger charge is 2.24. The van der Waals surface area contributed by atoms with Gasteiger partial charge in [-0.05, 0) is 43.5 Å². The zero-order valence-electron chi connectivity index (χ0n) is 12.2. The first-order valence-electron chi connectivity index (χ1n) is 6.63. The van der Waals surface area contributed by atoms with E-state index in [2.05, 4.69) is 6.92 Å². The second-order valence-corrected chi connectivity index (χ2v) is 7.00. The number of sulfonamides is 1. The van der Waals surface area contributed by atoms with E-state index in [0.29, 0.717) is 28.3 Å². The SMILES string of the molecule is CCCCCN(C)S(=O)(=O)c1c(C)cc(N)cc1C. The molecule has 19 heavy (non-hydrogen) atoms. The topological polar surface area (TPSA) is 63.4 Å². The van der Waals surface area contributed by atoms with Crippen LogP contribution in [-0.4, -0.2) is 26.3 Å². The third-order valence-corrected chi connectivity index (χ3v) is 5.39. The zero-order chi connectivity index (χ0) is 14.6. The van der Waals surface area contributed by atoms with Gasteiger partial charge in [0, 0.05) is 19.3 Å². The summed E-state index contributed by atoms with van der Waals surface area (Å²) < 4.78 is 26.6. The lowest BCUT2D eigenvalue weighted by molar-refractivity contribution is 0.453.